The van der Waals surface area contributed by atoms with Crippen molar-refractivity contribution in [1.82, 2.24) is 0 Å². The first-order valence-corrected chi connectivity index (χ1v) is 4.76. The van der Waals surface area contributed by atoms with E-state index in [9.17, 15) is 8.42 Å². The molecular formula is C4H8Cl2O3S. The van der Waals surface area contributed by atoms with Gasteiger partial charge in [0.1, 0.15) is 10.1 Å². The fourth-order valence-electron chi connectivity index (χ4n) is 0.369. The Kier molecular flexibility index (Phi) is 3.42. The second-order valence-electron chi connectivity index (χ2n) is 1.94. The molecule has 10 heavy (non-hydrogen) atoms. The molecule has 6 heteroatoms. The lowest BCUT2D eigenvalue weighted by molar-refractivity contribution is 0.396. The molecule has 0 radical (unpaired) electrons. The molecule has 0 aromatic heterocycles. The fraction of sp³-hybridized carbons (Fsp3) is 1.00. The van der Waals surface area contributed by atoms with Crippen molar-refractivity contribution in [3.63, 3.8) is 0 Å². The van der Waals surface area contributed by atoms with Crippen molar-refractivity contribution in [2.75, 3.05) is 12.9 Å². The van der Waals surface area contributed by atoms with Crippen molar-refractivity contribution in [3.8, 4) is 0 Å². The first-order valence-electron chi connectivity index (χ1n) is 2.43. The van der Waals surface area contributed by atoms with Gasteiger partial charge in [-0.1, -0.05) is 0 Å². The maximum absolute atomic E-state index is 10.6. The van der Waals surface area contributed by atoms with Crippen LogP contribution in [0.1, 0.15) is 6.92 Å². The summed E-state index contributed by atoms with van der Waals surface area (Å²) in [6, 6.07) is 0. The minimum Gasteiger partial charge on any atom is -0.273 e. The standard InChI is InChI=1S/C4H8Cl2O3S/c1-4(5,6)3-10(7,8)9-2/h3H2,1-2H3. The van der Waals surface area contributed by atoms with E-state index in [4.69, 9.17) is 23.2 Å². The summed E-state index contributed by atoms with van der Waals surface area (Å²) in [5, 5.41) is 0. The van der Waals surface area contributed by atoms with E-state index in [1.165, 1.54) is 6.92 Å². The van der Waals surface area contributed by atoms with Gasteiger partial charge in [0.15, 0.2) is 0 Å². The highest BCUT2D eigenvalue weighted by Crippen LogP contribution is 2.21. The van der Waals surface area contributed by atoms with Crippen LogP contribution < -0.4 is 0 Å². The molecule has 0 unspecified atom stereocenters. The number of hydrogen-bond acceptors (Lipinski definition) is 3. The predicted molar refractivity (Wildman–Crippen MR) is 40.9 cm³/mol. The summed E-state index contributed by atoms with van der Waals surface area (Å²) < 4.78 is 24.1. The Bertz CT molecular complexity index is 191. The van der Waals surface area contributed by atoms with Gasteiger partial charge in [-0.25, -0.2) is 0 Å². The summed E-state index contributed by atoms with van der Waals surface area (Å²) in [6.45, 7) is 1.38. The molecule has 0 saturated heterocycles. The van der Waals surface area contributed by atoms with Crippen molar-refractivity contribution >= 4 is 33.3 Å². The van der Waals surface area contributed by atoms with Gasteiger partial charge in [0.25, 0.3) is 10.1 Å². The largest absolute Gasteiger partial charge is 0.273 e. The number of halogens is 2. The minimum absolute atomic E-state index is 0.403. The van der Waals surface area contributed by atoms with Gasteiger partial charge < -0.3 is 0 Å². The third kappa shape index (κ3) is 5.29. The molecule has 0 atom stereocenters. The summed E-state index contributed by atoms with van der Waals surface area (Å²) in [7, 11) is -2.48. The quantitative estimate of drug-likeness (QED) is 0.515. The van der Waals surface area contributed by atoms with Gasteiger partial charge in [0.2, 0.25) is 0 Å². The van der Waals surface area contributed by atoms with Crippen molar-refractivity contribution < 1.29 is 12.6 Å². The molecule has 0 heterocycles. The van der Waals surface area contributed by atoms with Crippen LogP contribution in [0.3, 0.4) is 0 Å². The van der Waals surface area contributed by atoms with E-state index in [0.29, 0.717) is 0 Å². The highest BCUT2D eigenvalue weighted by Gasteiger charge is 2.25. The second-order valence-corrected chi connectivity index (χ2v) is 5.54. The smallest absolute Gasteiger partial charge is 0.270 e. The zero-order chi connectivity index (χ0) is 8.41. The van der Waals surface area contributed by atoms with Gasteiger partial charge in [-0.2, -0.15) is 8.42 Å². The van der Waals surface area contributed by atoms with Gasteiger partial charge in [-0.15, -0.1) is 23.2 Å². The van der Waals surface area contributed by atoms with Crippen molar-refractivity contribution in [2.45, 2.75) is 11.3 Å². The van der Waals surface area contributed by atoms with Gasteiger partial charge >= 0.3 is 0 Å². The van der Waals surface area contributed by atoms with Crippen molar-refractivity contribution in [3.05, 3.63) is 0 Å². The topological polar surface area (TPSA) is 43.4 Å². The molecular weight excluding hydrogens is 199 g/mol. The molecule has 0 aliphatic heterocycles. The van der Waals surface area contributed by atoms with Crippen molar-refractivity contribution in [2.24, 2.45) is 0 Å². The molecule has 0 aromatic carbocycles. The molecule has 0 aliphatic rings. The van der Waals surface area contributed by atoms with Crippen molar-refractivity contribution in [1.29, 1.82) is 0 Å². The molecule has 0 saturated carbocycles. The van der Waals surface area contributed by atoms with E-state index in [2.05, 4.69) is 4.18 Å². The Morgan fingerprint density at radius 3 is 2.00 bits per heavy atom. The Hall–Kier alpha value is 0.490. The average molecular weight is 207 g/mol. The van der Waals surface area contributed by atoms with Crippen LogP contribution >= 0.6 is 23.2 Å². The van der Waals surface area contributed by atoms with Crippen LogP contribution in [0.4, 0.5) is 0 Å². The monoisotopic (exact) mass is 206 g/mol. The summed E-state index contributed by atoms with van der Waals surface area (Å²) in [5.41, 5.74) is 0. The molecule has 0 N–H and O–H groups in total. The van der Waals surface area contributed by atoms with E-state index in [-0.39, 0.29) is 0 Å². The Morgan fingerprint density at radius 1 is 1.50 bits per heavy atom. The molecule has 0 amide bonds. The maximum Gasteiger partial charge on any atom is 0.270 e. The van der Waals surface area contributed by atoms with E-state index in [0.717, 1.165) is 7.11 Å². The number of alkyl halides is 2. The molecule has 0 fully saturated rings. The Balaban J connectivity index is 4.18. The van der Waals surface area contributed by atoms with Crippen LogP contribution in [0.2, 0.25) is 0 Å². The minimum atomic E-state index is -3.54. The third-order valence-electron chi connectivity index (χ3n) is 0.684. The number of hydrogen-bond donors (Lipinski definition) is 0. The first kappa shape index (κ1) is 10.5. The Morgan fingerprint density at radius 2 is 1.90 bits per heavy atom. The molecule has 62 valence electrons. The maximum atomic E-state index is 10.6. The summed E-state index contributed by atoms with van der Waals surface area (Å²) in [4.78, 5) is 0. The van der Waals surface area contributed by atoms with E-state index >= 15 is 0 Å². The average Bonchev–Trinajstić information content (AvgIpc) is 1.60. The first-order chi connectivity index (χ1) is 4.27. The third-order valence-corrected chi connectivity index (χ3v) is 2.71. The lowest BCUT2D eigenvalue weighted by atomic mass is 10.5. The molecule has 0 rings (SSSR count). The fourth-order valence-corrected chi connectivity index (χ4v) is 1.91. The highest BCUT2D eigenvalue weighted by atomic mass is 35.5. The SMILES string of the molecule is COS(=O)(=O)CC(C)(Cl)Cl. The molecule has 0 spiro atoms. The van der Waals surface area contributed by atoms with Crippen LogP contribution in [-0.4, -0.2) is 25.6 Å². The summed E-state index contributed by atoms with van der Waals surface area (Å²) in [6.07, 6.45) is 0. The van der Waals surface area contributed by atoms with Gasteiger partial charge in [0.05, 0.1) is 7.11 Å². The van der Waals surface area contributed by atoms with Crippen LogP contribution in [0.25, 0.3) is 0 Å². The molecule has 3 nitrogen and oxygen atoms in total. The van der Waals surface area contributed by atoms with Crippen LogP contribution in [0, 0.1) is 0 Å². The summed E-state index contributed by atoms with van der Waals surface area (Å²) in [5.74, 6) is -0.403. The van der Waals surface area contributed by atoms with Crippen LogP contribution in [0.5, 0.6) is 0 Å². The number of rotatable bonds is 3. The lowest BCUT2D eigenvalue weighted by Crippen LogP contribution is -2.22. The summed E-state index contributed by atoms with van der Waals surface area (Å²) >= 11 is 10.8. The Labute approximate surface area is 70.4 Å². The second kappa shape index (κ2) is 3.26. The van der Waals surface area contributed by atoms with Gasteiger partial charge in [-0.3, -0.25) is 4.18 Å². The molecule has 0 aromatic rings. The normalized spacial score (nSPS) is 13.6. The zero-order valence-electron chi connectivity index (χ0n) is 5.60. The highest BCUT2D eigenvalue weighted by molar-refractivity contribution is 7.86. The van der Waals surface area contributed by atoms with Crippen LogP contribution in [-0.2, 0) is 14.3 Å². The lowest BCUT2D eigenvalue weighted by Gasteiger charge is -2.10. The van der Waals surface area contributed by atoms with E-state index in [1.54, 1.807) is 0 Å². The predicted octanol–water partition coefficient (Wildman–Crippen LogP) is 1.16. The van der Waals surface area contributed by atoms with E-state index < -0.39 is 20.2 Å². The van der Waals surface area contributed by atoms with Gasteiger partial charge in [-0.05, 0) is 6.92 Å². The van der Waals surface area contributed by atoms with Crippen LogP contribution in [0.15, 0.2) is 0 Å². The van der Waals surface area contributed by atoms with Gasteiger partial charge in [0, 0.05) is 0 Å². The molecule has 0 aliphatic carbocycles. The van der Waals surface area contributed by atoms with E-state index in [1.807, 2.05) is 0 Å². The molecule has 0 bridgehead atoms. The zero-order valence-corrected chi connectivity index (χ0v) is 7.92.